The summed E-state index contributed by atoms with van der Waals surface area (Å²) in [4.78, 5) is 0. The van der Waals surface area contributed by atoms with Gasteiger partial charge in [-0.15, -0.1) is 0 Å². The number of hydrogen-bond acceptors (Lipinski definition) is 1. The summed E-state index contributed by atoms with van der Waals surface area (Å²) in [6.07, 6.45) is 3.09. The Balaban J connectivity index is 2.20. The minimum atomic E-state index is -0.283. The molecule has 0 bridgehead atoms. The largest absolute Gasteiger partial charge is 0.507 e. The van der Waals surface area contributed by atoms with Crippen LogP contribution >= 0.6 is 0 Å². The maximum atomic E-state index is 11.3. The average molecular weight is 387 g/mol. The van der Waals surface area contributed by atoms with Crippen molar-refractivity contribution in [2.24, 2.45) is 0 Å². The number of phenolic OH excluding ortho intramolecular Hbond substituents is 1. The third-order valence-electron chi connectivity index (χ3n) is 6.37. The zero-order chi connectivity index (χ0) is 21.1. The van der Waals surface area contributed by atoms with Gasteiger partial charge in [0.05, 0.1) is 0 Å². The molecular weight excluding hydrogens is 352 g/mol. The fourth-order valence-corrected chi connectivity index (χ4v) is 4.12. The molecule has 0 unspecified atom stereocenters. The number of benzene rings is 3. The van der Waals surface area contributed by atoms with Crippen LogP contribution in [0.15, 0.2) is 72.8 Å². The first-order chi connectivity index (χ1) is 13.8. The Morgan fingerprint density at radius 2 is 1.21 bits per heavy atom. The van der Waals surface area contributed by atoms with Gasteiger partial charge in [0, 0.05) is 16.4 Å². The number of hydrogen-bond donors (Lipinski definition) is 1. The van der Waals surface area contributed by atoms with Crippen LogP contribution < -0.4 is 0 Å². The van der Waals surface area contributed by atoms with E-state index in [1.165, 1.54) is 16.7 Å². The lowest BCUT2D eigenvalue weighted by atomic mass is 9.72. The Bertz CT molecular complexity index is 937. The molecule has 0 aromatic heterocycles. The summed E-state index contributed by atoms with van der Waals surface area (Å²) in [5.74, 6) is 0.458. The molecule has 0 aliphatic heterocycles. The molecule has 3 aromatic carbocycles. The predicted molar refractivity (Wildman–Crippen MR) is 124 cm³/mol. The third-order valence-corrected chi connectivity index (χ3v) is 6.37. The lowest BCUT2D eigenvalue weighted by Gasteiger charge is -2.32. The highest BCUT2D eigenvalue weighted by Crippen LogP contribution is 2.43. The summed E-state index contributed by atoms with van der Waals surface area (Å²) in [5.41, 5.74) is 5.41. The van der Waals surface area contributed by atoms with Crippen LogP contribution in [-0.2, 0) is 17.3 Å². The van der Waals surface area contributed by atoms with E-state index in [9.17, 15) is 5.11 Å². The summed E-state index contributed by atoms with van der Waals surface area (Å²) in [5, 5.41) is 11.3. The molecular formula is C28H34O. The van der Waals surface area contributed by atoms with Crippen LogP contribution in [0.4, 0.5) is 0 Å². The number of rotatable bonds is 7. The van der Waals surface area contributed by atoms with Crippen molar-refractivity contribution >= 4 is 0 Å². The number of aromatic hydroxyl groups is 1. The molecule has 0 amide bonds. The number of phenols is 1. The van der Waals surface area contributed by atoms with Crippen molar-refractivity contribution in [3.8, 4) is 5.75 Å². The highest BCUT2D eigenvalue weighted by atomic mass is 16.3. The topological polar surface area (TPSA) is 20.2 Å². The Kier molecular flexibility index (Phi) is 6.17. The molecule has 0 fully saturated rings. The Hall–Kier alpha value is -2.54. The normalized spacial score (nSPS) is 12.2. The summed E-state index contributed by atoms with van der Waals surface area (Å²) < 4.78 is 0. The molecule has 3 rings (SSSR count). The van der Waals surface area contributed by atoms with Crippen LogP contribution in [0.25, 0.3) is 0 Å². The average Bonchev–Trinajstić information content (AvgIpc) is 2.74. The summed E-state index contributed by atoms with van der Waals surface area (Å²) in [6.45, 7) is 11.2. The molecule has 29 heavy (non-hydrogen) atoms. The van der Waals surface area contributed by atoms with Crippen LogP contribution in [0.5, 0.6) is 5.75 Å². The van der Waals surface area contributed by atoms with Gasteiger partial charge >= 0.3 is 0 Å². The fourth-order valence-electron chi connectivity index (χ4n) is 4.12. The zero-order valence-corrected chi connectivity index (χ0v) is 18.5. The van der Waals surface area contributed by atoms with Crippen LogP contribution in [-0.4, -0.2) is 5.11 Å². The molecule has 0 spiro atoms. The van der Waals surface area contributed by atoms with Crippen molar-refractivity contribution in [3.63, 3.8) is 0 Å². The first-order valence-electron chi connectivity index (χ1n) is 10.8. The second kappa shape index (κ2) is 8.45. The van der Waals surface area contributed by atoms with Gasteiger partial charge in [-0.25, -0.2) is 0 Å². The van der Waals surface area contributed by atoms with E-state index in [0.717, 1.165) is 30.4 Å². The Labute approximate surface area is 176 Å². The molecule has 0 heterocycles. The highest BCUT2D eigenvalue weighted by Gasteiger charge is 2.31. The van der Waals surface area contributed by atoms with Crippen molar-refractivity contribution in [1.29, 1.82) is 0 Å². The van der Waals surface area contributed by atoms with Crippen LogP contribution in [0.1, 0.15) is 75.3 Å². The quantitative estimate of drug-likeness (QED) is 0.449. The maximum Gasteiger partial charge on any atom is 0.122 e. The SMILES string of the molecule is CCCCc1cc(C(C)(C)c2ccccc2)cc(C(C)(C)c2ccccc2)c1O. The van der Waals surface area contributed by atoms with E-state index < -0.39 is 0 Å². The molecule has 0 aliphatic rings. The van der Waals surface area contributed by atoms with E-state index in [-0.39, 0.29) is 10.8 Å². The molecule has 0 saturated carbocycles. The summed E-state index contributed by atoms with van der Waals surface area (Å²) >= 11 is 0. The molecule has 0 aliphatic carbocycles. The van der Waals surface area contributed by atoms with Gasteiger partial charge < -0.3 is 5.11 Å². The second-order valence-electron chi connectivity index (χ2n) is 9.12. The Morgan fingerprint density at radius 1 is 0.690 bits per heavy atom. The summed E-state index contributed by atoms with van der Waals surface area (Å²) in [6, 6.07) is 25.6. The van der Waals surface area contributed by atoms with E-state index in [1.54, 1.807) is 0 Å². The van der Waals surface area contributed by atoms with Gasteiger partial charge in [0.1, 0.15) is 5.75 Å². The van der Waals surface area contributed by atoms with E-state index in [2.05, 4.69) is 101 Å². The standard InChI is InChI=1S/C28H34O/c1-6-7-14-21-19-24(27(2,3)22-15-10-8-11-16-22)20-25(26(21)29)28(4,5)23-17-12-9-13-18-23/h8-13,15-20,29H,6-7,14H2,1-5H3. The number of unbranched alkanes of at least 4 members (excludes halogenated alkanes) is 1. The lowest BCUT2D eigenvalue weighted by Crippen LogP contribution is -2.24. The molecule has 3 aromatic rings. The lowest BCUT2D eigenvalue weighted by molar-refractivity contribution is 0.443. The van der Waals surface area contributed by atoms with E-state index in [1.807, 2.05) is 6.07 Å². The van der Waals surface area contributed by atoms with Crippen molar-refractivity contribution in [2.75, 3.05) is 0 Å². The van der Waals surface area contributed by atoms with Gasteiger partial charge in [0.25, 0.3) is 0 Å². The zero-order valence-electron chi connectivity index (χ0n) is 18.5. The van der Waals surface area contributed by atoms with Crippen molar-refractivity contribution in [1.82, 2.24) is 0 Å². The fraction of sp³-hybridized carbons (Fsp3) is 0.357. The Morgan fingerprint density at radius 3 is 1.72 bits per heavy atom. The van der Waals surface area contributed by atoms with E-state index >= 15 is 0 Å². The van der Waals surface area contributed by atoms with Crippen LogP contribution in [0, 0.1) is 0 Å². The maximum absolute atomic E-state index is 11.3. The predicted octanol–water partition coefficient (Wildman–Crippen LogP) is 7.39. The molecule has 0 atom stereocenters. The van der Waals surface area contributed by atoms with Gasteiger partial charge in [-0.3, -0.25) is 0 Å². The first kappa shape index (κ1) is 21.2. The number of aryl methyl sites for hydroxylation is 1. The van der Waals surface area contributed by atoms with Crippen LogP contribution in [0.2, 0.25) is 0 Å². The van der Waals surface area contributed by atoms with Gasteiger partial charge in [0.15, 0.2) is 0 Å². The first-order valence-corrected chi connectivity index (χ1v) is 10.8. The molecule has 0 radical (unpaired) electrons. The van der Waals surface area contributed by atoms with Gasteiger partial charge in [0.2, 0.25) is 0 Å². The monoisotopic (exact) mass is 386 g/mol. The van der Waals surface area contributed by atoms with Gasteiger partial charge in [-0.05, 0) is 35.1 Å². The highest BCUT2D eigenvalue weighted by molar-refractivity contribution is 5.54. The van der Waals surface area contributed by atoms with Crippen molar-refractivity contribution < 1.29 is 5.11 Å². The minimum absolute atomic E-state index is 0.141. The molecule has 1 heteroatoms. The van der Waals surface area contributed by atoms with Gasteiger partial charge in [-0.1, -0.05) is 114 Å². The second-order valence-corrected chi connectivity index (χ2v) is 9.12. The molecule has 1 nitrogen and oxygen atoms in total. The van der Waals surface area contributed by atoms with Crippen molar-refractivity contribution in [2.45, 2.75) is 64.7 Å². The van der Waals surface area contributed by atoms with Crippen molar-refractivity contribution in [3.05, 3.63) is 101 Å². The molecule has 1 N–H and O–H groups in total. The van der Waals surface area contributed by atoms with Gasteiger partial charge in [-0.2, -0.15) is 0 Å². The van der Waals surface area contributed by atoms with E-state index in [0.29, 0.717) is 5.75 Å². The van der Waals surface area contributed by atoms with Crippen LogP contribution in [0.3, 0.4) is 0 Å². The smallest absolute Gasteiger partial charge is 0.122 e. The minimum Gasteiger partial charge on any atom is -0.507 e. The molecule has 152 valence electrons. The van der Waals surface area contributed by atoms with E-state index in [4.69, 9.17) is 0 Å². The summed E-state index contributed by atoms with van der Waals surface area (Å²) in [7, 11) is 0. The third kappa shape index (κ3) is 4.24. The molecule has 0 saturated heterocycles.